The molecule has 0 saturated carbocycles. The highest BCUT2D eigenvalue weighted by Gasteiger charge is 2.17. The van der Waals surface area contributed by atoms with E-state index in [1.54, 1.807) is 24.5 Å². The zero-order chi connectivity index (χ0) is 22.2. The summed E-state index contributed by atoms with van der Waals surface area (Å²) in [5.74, 6) is 6.04. The van der Waals surface area contributed by atoms with Crippen molar-refractivity contribution in [2.75, 3.05) is 6.61 Å². The fraction of sp³-hybridized carbons (Fsp3) is 0.179. The first-order valence-electron chi connectivity index (χ1n) is 10.8. The molecule has 0 aliphatic heterocycles. The lowest BCUT2D eigenvalue weighted by Gasteiger charge is -2.13. The number of hydrogen-bond donors (Lipinski definition) is 1. The maximum atomic E-state index is 13.6. The molecule has 2 aromatic carbocycles. The summed E-state index contributed by atoms with van der Waals surface area (Å²) in [4.78, 5) is 4.17. The van der Waals surface area contributed by atoms with E-state index in [0.717, 1.165) is 47.5 Å². The minimum absolute atomic E-state index is 0.0315. The lowest BCUT2D eigenvalue weighted by Crippen LogP contribution is -2.05. The average Bonchev–Trinajstić information content (AvgIpc) is 3.19. The molecular formula is C28H25FN2O. The highest BCUT2D eigenvalue weighted by atomic mass is 19.1. The number of pyridine rings is 1. The summed E-state index contributed by atoms with van der Waals surface area (Å²) in [6.07, 6.45) is 5.90. The van der Waals surface area contributed by atoms with Crippen molar-refractivity contribution in [2.45, 2.75) is 25.8 Å². The number of aryl methyl sites for hydroxylation is 1. The molecule has 2 aromatic heterocycles. The maximum absolute atomic E-state index is 13.6. The highest BCUT2D eigenvalue weighted by Crippen LogP contribution is 2.35. The molecule has 32 heavy (non-hydrogen) atoms. The molecule has 4 aromatic rings. The van der Waals surface area contributed by atoms with E-state index in [9.17, 15) is 9.50 Å². The van der Waals surface area contributed by atoms with Gasteiger partial charge in [0, 0.05) is 36.5 Å². The molecule has 3 nitrogen and oxygen atoms in total. The third-order valence-corrected chi connectivity index (χ3v) is 5.35. The van der Waals surface area contributed by atoms with Crippen LogP contribution in [0.1, 0.15) is 24.1 Å². The molecular weight excluding hydrogens is 399 g/mol. The van der Waals surface area contributed by atoms with Crippen LogP contribution in [0.4, 0.5) is 4.39 Å². The molecule has 0 radical (unpaired) electrons. The molecule has 2 heterocycles. The molecule has 0 spiro atoms. The van der Waals surface area contributed by atoms with Gasteiger partial charge in [0.2, 0.25) is 0 Å². The lowest BCUT2D eigenvalue weighted by molar-refractivity contribution is 0.305. The summed E-state index contributed by atoms with van der Waals surface area (Å²) in [7, 11) is 0. The van der Waals surface area contributed by atoms with E-state index in [-0.39, 0.29) is 12.4 Å². The molecule has 1 N–H and O–H groups in total. The molecule has 4 heteroatoms. The highest BCUT2D eigenvalue weighted by molar-refractivity contribution is 5.83. The number of aromatic nitrogens is 2. The van der Waals surface area contributed by atoms with E-state index < -0.39 is 0 Å². The third kappa shape index (κ3) is 5.14. The van der Waals surface area contributed by atoms with Gasteiger partial charge in [-0.3, -0.25) is 4.98 Å². The first kappa shape index (κ1) is 21.5. The van der Waals surface area contributed by atoms with Gasteiger partial charge in [-0.25, -0.2) is 4.39 Å². The monoisotopic (exact) mass is 424 g/mol. The summed E-state index contributed by atoms with van der Waals surface area (Å²) < 4.78 is 15.8. The second kappa shape index (κ2) is 10.6. The Hall–Kier alpha value is -3.68. The van der Waals surface area contributed by atoms with E-state index in [1.807, 2.05) is 18.2 Å². The van der Waals surface area contributed by atoms with Crippen molar-refractivity contribution in [2.24, 2.45) is 0 Å². The van der Waals surface area contributed by atoms with Crippen molar-refractivity contribution in [3.63, 3.8) is 0 Å². The molecule has 0 atom stereocenters. The Morgan fingerprint density at radius 1 is 0.906 bits per heavy atom. The smallest absolute Gasteiger partial charge is 0.123 e. The SMILES string of the molecule is OCCC#Cc1cc(-c2ccc(F)cc2)c(-c2ccncc2)n1CCCc1ccccc1. The molecule has 0 saturated heterocycles. The second-order valence-corrected chi connectivity index (χ2v) is 7.55. The summed E-state index contributed by atoms with van der Waals surface area (Å²) in [5.41, 5.74) is 6.21. The minimum atomic E-state index is -0.260. The molecule has 0 unspecified atom stereocenters. The van der Waals surface area contributed by atoms with E-state index >= 15 is 0 Å². The fourth-order valence-corrected chi connectivity index (χ4v) is 3.85. The first-order chi connectivity index (χ1) is 15.8. The molecule has 160 valence electrons. The Kier molecular flexibility index (Phi) is 7.12. The molecule has 0 aliphatic rings. The van der Waals surface area contributed by atoms with Gasteiger partial charge in [0.15, 0.2) is 0 Å². The Morgan fingerprint density at radius 2 is 1.66 bits per heavy atom. The average molecular weight is 425 g/mol. The minimum Gasteiger partial charge on any atom is -0.395 e. The number of aliphatic hydroxyl groups is 1. The van der Waals surface area contributed by atoms with Crippen molar-refractivity contribution in [1.82, 2.24) is 9.55 Å². The largest absolute Gasteiger partial charge is 0.395 e. The van der Waals surface area contributed by atoms with Crippen LogP contribution in [-0.2, 0) is 13.0 Å². The molecule has 0 bridgehead atoms. The first-order valence-corrected chi connectivity index (χ1v) is 10.8. The van der Waals surface area contributed by atoms with Crippen LogP contribution in [0.2, 0.25) is 0 Å². The van der Waals surface area contributed by atoms with E-state index in [1.165, 1.54) is 17.7 Å². The molecule has 4 rings (SSSR count). The normalized spacial score (nSPS) is 10.6. The van der Waals surface area contributed by atoms with Crippen LogP contribution in [0.15, 0.2) is 85.2 Å². The predicted octanol–water partition coefficient (Wildman–Crippen LogP) is 5.72. The van der Waals surface area contributed by atoms with Gasteiger partial charge < -0.3 is 9.67 Å². The van der Waals surface area contributed by atoms with Crippen LogP contribution in [0, 0.1) is 17.7 Å². The van der Waals surface area contributed by atoms with E-state index in [2.05, 4.69) is 51.7 Å². The summed E-state index contributed by atoms with van der Waals surface area (Å²) in [5, 5.41) is 9.17. The van der Waals surface area contributed by atoms with Crippen LogP contribution in [0.3, 0.4) is 0 Å². The standard InChI is InChI=1S/C28H25FN2O/c29-25-13-11-23(12-14-25)27-21-26(10-4-5-20-32)31(28(27)24-15-17-30-18-16-24)19-6-9-22-7-2-1-3-8-22/h1-3,7-8,11-18,21,32H,5-6,9,19-20H2. The molecule has 0 amide bonds. The number of aliphatic hydroxyl groups excluding tert-OH is 1. The van der Waals surface area contributed by atoms with Crippen molar-refractivity contribution in [3.05, 3.63) is 102 Å². The number of rotatable bonds is 7. The zero-order valence-corrected chi connectivity index (χ0v) is 17.8. The Bertz CT molecular complexity index is 1200. The molecule has 0 fully saturated rings. The van der Waals surface area contributed by atoms with Crippen molar-refractivity contribution in [3.8, 4) is 34.2 Å². The second-order valence-electron chi connectivity index (χ2n) is 7.55. The molecule has 0 aliphatic carbocycles. The summed E-state index contributed by atoms with van der Waals surface area (Å²) in [6, 6.07) is 23.0. The van der Waals surface area contributed by atoms with Crippen LogP contribution >= 0.6 is 0 Å². The van der Waals surface area contributed by atoms with Gasteiger partial charge in [0.25, 0.3) is 0 Å². The van der Waals surface area contributed by atoms with Crippen molar-refractivity contribution >= 4 is 0 Å². The van der Waals surface area contributed by atoms with E-state index in [4.69, 9.17) is 0 Å². The van der Waals surface area contributed by atoms with Crippen LogP contribution in [0.25, 0.3) is 22.4 Å². The van der Waals surface area contributed by atoms with Gasteiger partial charge in [-0.15, -0.1) is 0 Å². The van der Waals surface area contributed by atoms with Gasteiger partial charge in [-0.05, 0) is 60.2 Å². The van der Waals surface area contributed by atoms with Crippen molar-refractivity contribution in [1.29, 1.82) is 0 Å². The van der Waals surface area contributed by atoms with Gasteiger partial charge in [-0.1, -0.05) is 48.4 Å². The van der Waals surface area contributed by atoms with Crippen LogP contribution in [0.5, 0.6) is 0 Å². The van der Waals surface area contributed by atoms with Crippen molar-refractivity contribution < 1.29 is 9.50 Å². The number of benzene rings is 2. The predicted molar refractivity (Wildman–Crippen MR) is 126 cm³/mol. The van der Waals surface area contributed by atoms with Gasteiger partial charge in [-0.2, -0.15) is 0 Å². The lowest BCUT2D eigenvalue weighted by atomic mass is 10.0. The number of halogens is 1. The summed E-state index contributed by atoms with van der Waals surface area (Å²) in [6.45, 7) is 0.820. The number of hydrogen-bond acceptors (Lipinski definition) is 2. The fourth-order valence-electron chi connectivity index (χ4n) is 3.85. The Balaban J connectivity index is 1.78. The zero-order valence-electron chi connectivity index (χ0n) is 17.8. The van der Waals surface area contributed by atoms with Crippen LogP contribution in [-0.4, -0.2) is 21.3 Å². The Morgan fingerprint density at radius 3 is 2.38 bits per heavy atom. The topological polar surface area (TPSA) is 38.1 Å². The van der Waals surface area contributed by atoms with Gasteiger partial charge >= 0.3 is 0 Å². The van der Waals surface area contributed by atoms with E-state index in [0.29, 0.717) is 6.42 Å². The number of nitrogens with zero attached hydrogens (tertiary/aromatic N) is 2. The van der Waals surface area contributed by atoms with Gasteiger partial charge in [0.1, 0.15) is 5.82 Å². The summed E-state index contributed by atoms with van der Waals surface area (Å²) >= 11 is 0. The maximum Gasteiger partial charge on any atom is 0.123 e. The Labute approximate surface area is 188 Å². The quantitative estimate of drug-likeness (QED) is 0.385. The third-order valence-electron chi connectivity index (χ3n) is 5.35. The van der Waals surface area contributed by atoms with Crippen LogP contribution < -0.4 is 0 Å². The van der Waals surface area contributed by atoms with Gasteiger partial charge in [0.05, 0.1) is 18.0 Å².